The van der Waals surface area contributed by atoms with E-state index in [9.17, 15) is 4.79 Å². The molecular formula is C15H20O2S. The first-order valence-electron chi connectivity index (χ1n) is 6.52. The maximum absolute atomic E-state index is 11.8. The van der Waals surface area contributed by atoms with Crippen LogP contribution in [0, 0.1) is 12.8 Å². The lowest BCUT2D eigenvalue weighted by atomic mass is 9.89. The fraction of sp³-hybridized carbons (Fsp3) is 0.533. The summed E-state index contributed by atoms with van der Waals surface area (Å²) in [7, 11) is 1.49. The first-order chi connectivity index (χ1) is 8.70. The minimum absolute atomic E-state index is 0.0423. The van der Waals surface area contributed by atoms with Crippen LogP contribution in [-0.2, 0) is 9.53 Å². The van der Waals surface area contributed by atoms with Crippen molar-refractivity contribution in [2.24, 2.45) is 5.92 Å². The molecule has 1 aliphatic rings. The molecule has 98 valence electrons. The molecule has 1 aliphatic carbocycles. The van der Waals surface area contributed by atoms with Crippen LogP contribution in [0.5, 0.6) is 0 Å². The number of aryl methyl sites for hydroxylation is 1. The van der Waals surface area contributed by atoms with Crippen molar-refractivity contribution in [3.63, 3.8) is 0 Å². The summed E-state index contributed by atoms with van der Waals surface area (Å²) in [4.78, 5) is 13.0. The molecule has 0 spiro atoms. The standard InChI is InChI=1S/C15H20O2S/c1-11-7-9-12(10-8-11)18-14-6-4-3-5-13(14)15(16)17-2/h7-10,13-14H,3-6H2,1-2H3. The first-order valence-corrected chi connectivity index (χ1v) is 7.40. The van der Waals surface area contributed by atoms with Crippen LogP contribution in [0.1, 0.15) is 31.2 Å². The highest BCUT2D eigenvalue weighted by atomic mass is 32.2. The van der Waals surface area contributed by atoms with E-state index in [1.165, 1.54) is 24.0 Å². The van der Waals surface area contributed by atoms with E-state index < -0.39 is 0 Å². The van der Waals surface area contributed by atoms with Gasteiger partial charge in [0.25, 0.3) is 0 Å². The molecule has 2 unspecified atom stereocenters. The lowest BCUT2D eigenvalue weighted by Gasteiger charge is -2.29. The van der Waals surface area contributed by atoms with Gasteiger partial charge in [0.1, 0.15) is 0 Å². The molecule has 1 aromatic rings. The number of methoxy groups -OCH3 is 1. The van der Waals surface area contributed by atoms with Crippen LogP contribution in [0.25, 0.3) is 0 Å². The molecule has 0 bridgehead atoms. The van der Waals surface area contributed by atoms with Gasteiger partial charge in [-0.25, -0.2) is 0 Å². The zero-order valence-corrected chi connectivity index (χ0v) is 11.8. The highest BCUT2D eigenvalue weighted by Crippen LogP contribution is 2.38. The highest BCUT2D eigenvalue weighted by molar-refractivity contribution is 8.00. The third-order valence-corrected chi connectivity index (χ3v) is 4.93. The fourth-order valence-electron chi connectivity index (χ4n) is 2.45. The summed E-state index contributed by atoms with van der Waals surface area (Å²) >= 11 is 1.82. The van der Waals surface area contributed by atoms with Crippen molar-refractivity contribution < 1.29 is 9.53 Å². The summed E-state index contributed by atoms with van der Waals surface area (Å²) in [5, 5.41) is 0.369. The molecule has 0 N–H and O–H groups in total. The molecule has 0 aliphatic heterocycles. The summed E-state index contributed by atoms with van der Waals surface area (Å²) in [6.07, 6.45) is 4.44. The molecule has 0 saturated heterocycles. The normalized spacial score (nSPS) is 23.7. The van der Waals surface area contributed by atoms with Crippen molar-refractivity contribution in [2.75, 3.05) is 7.11 Å². The van der Waals surface area contributed by atoms with Crippen molar-refractivity contribution >= 4 is 17.7 Å². The van der Waals surface area contributed by atoms with Gasteiger partial charge >= 0.3 is 5.97 Å². The van der Waals surface area contributed by atoms with E-state index in [4.69, 9.17) is 4.74 Å². The number of carbonyl (C=O) groups is 1. The third-order valence-electron chi connectivity index (χ3n) is 3.51. The molecule has 0 amide bonds. The van der Waals surface area contributed by atoms with E-state index in [2.05, 4.69) is 31.2 Å². The topological polar surface area (TPSA) is 26.3 Å². The van der Waals surface area contributed by atoms with Gasteiger partial charge in [0.05, 0.1) is 13.0 Å². The number of benzene rings is 1. The summed E-state index contributed by atoms with van der Waals surface area (Å²) in [5.74, 6) is 0.0226. The number of rotatable bonds is 3. The predicted molar refractivity (Wildman–Crippen MR) is 74.8 cm³/mol. The van der Waals surface area contributed by atoms with Crippen molar-refractivity contribution in [1.29, 1.82) is 0 Å². The molecule has 0 aromatic heterocycles. The maximum atomic E-state index is 11.8. The van der Waals surface area contributed by atoms with Gasteiger partial charge in [-0.2, -0.15) is 0 Å². The molecule has 1 fully saturated rings. The van der Waals surface area contributed by atoms with Crippen LogP contribution in [0.3, 0.4) is 0 Å². The molecule has 0 heterocycles. The van der Waals surface area contributed by atoms with Gasteiger partial charge in [-0.05, 0) is 31.9 Å². The molecule has 1 saturated carbocycles. The lowest BCUT2D eigenvalue weighted by Crippen LogP contribution is -2.30. The Morgan fingerprint density at radius 1 is 1.22 bits per heavy atom. The minimum atomic E-state index is -0.0423. The molecule has 0 radical (unpaired) electrons. The lowest BCUT2D eigenvalue weighted by molar-refractivity contribution is -0.146. The average molecular weight is 264 g/mol. The second-order valence-electron chi connectivity index (χ2n) is 4.88. The summed E-state index contributed by atoms with van der Waals surface area (Å²) in [5.41, 5.74) is 1.27. The second kappa shape index (κ2) is 6.28. The average Bonchev–Trinajstić information content (AvgIpc) is 2.41. The van der Waals surface area contributed by atoms with E-state index in [1.54, 1.807) is 0 Å². The minimum Gasteiger partial charge on any atom is -0.469 e. The van der Waals surface area contributed by atoms with Gasteiger partial charge in [0, 0.05) is 10.1 Å². The van der Waals surface area contributed by atoms with Crippen molar-refractivity contribution in [1.82, 2.24) is 0 Å². The maximum Gasteiger partial charge on any atom is 0.309 e. The van der Waals surface area contributed by atoms with Gasteiger partial charge in [-0.3, -0.25) is 4.79 Å². The van der Waals surface area contributed by atoms with E-state index >= 15 is 0 Å². The Kier molecular flexibility index (Phi) is 4.70. The van der Waals surface area contributed by atoms with Gasteiger partial charge in [0.15, 0.2) is 0 Å². The van der Waals surface area contributed by atoms with E-state index in [0.717, 1.165) is 19.3 Å². The van der Waals surface area contributed by atoms with Gasteiger partial charge in [0.2, 0.25) is 0 Å². The number of esters is 1. The fourth-order valence-corrected chi connectivity index (χ4v) is 3.79. The first kappa shape index (κ1) is 13.5. The van der Waals surface area contributed by atoms with Crippen LogP contribution >= 0.6 is 11.8 Å². The van der Waals surface area contributed by atoms with E-state index in [1.807, 2.05) is 11.8 Å². The van der Waals surface area contributed by atoms with Crippen LogP contribution < -0.4 is 0 Å². The van der Waals surface area contributed by atoms with Crippen molar-refractivity contribution in [2.45, 2.75) is 42.8 Å². The number of hydrogen-bond donors (Lipinski definition) is 0. The zero-order valence-electron chi connectivity index (χ0n) is 11.0. The summed E-state index contributed by atoms with van der Waals surface area (Å²) < 4.78 is 4.92. The molecule has 3 heteroatoms. The highest BCUT2D eigenvalue weighted by Gasteiger charge is 2.32. The Hall–Kier alpha value is -0.960. The molecular weight excluding hydrogens is 244 g/mol. The number of hydrogen-bond acceptors (Lipinski definition) is 3. The Labute approximate surface area is 113 Å². The smallest absolute Gasteiger partial charge is 0.309 e. The summed E-state index contributed by atoms with van der Waals surface area (Å²) in [6, 6.07) is 8.53. The van der Waals surface area contributed by atoms with Crippen LogP contribution in [0.2, 0.25) is 0 Å². The summed E-state index contributed by atoms with van der Waals surface area (Å²) in [6.45, 7) is 2.09. The SMILES string of the molecule is COC(=O)C1CCCCC1Sc1ccc(C)cc1. The van der Waals surface area contributed by atoms with Gasteiger partial charge in [-0.1, -0.05) is 30.5 Å². The predicted octanol–water partition coefficient (Wildman–Crippen LogP) is 3.82. The van der Waals surface area contributed by atoms with Crippen LogP contribution in [-0.4, -0.2) is 18.3 Å². The molecule has 2 atom stereocenters. The second-order valence-corrected chi connectivity index (χ2v) is 6.20. The van der Waals surface area contributed by atoms with E-state index in [-0.39, 0.29) is 11.9 Å². The molecule has 18 heavy (non-hydrogen) atoms. The van der Waals surface area contributed by atoms with Gasteiger partial charge < -0.3 is 4.74 Å². The number of carbonyl (C=O) groups excluding carboxylic acids is 1. The van der Waals surface area contributed by atoms with Crippen molar-refractivity contribution in [3.8, 4) is 0 Å². The van der Waals surface area contributed by atoms with Crippen molar-refractivity contribution in [3.05, 3.63) is 29.8 Å². The Morgan fingerprint density at radius 3 is 2.56 bits per heavy atom. The third kappa shape index (κ3) is 3.29. The quantitative estimate of drug-likeness (QED) is 0.776. The number of ether oxygens (including phenoxy) is 1. The Balaban J connectivity index is 2.05. The molecule has 2 rings (SSSR count). The van der Waals surface area contributed by atoms with Crippen LogP contribution in [0.15, 0.2) is 29.2 Å². The largest absolute Gasteiger partial charge is 0.469 e. The van der Waals surface area contributed by atoms with Crippen LogP contribution in [0.4, 0.5) is 0 Å². The van der Waals surface area contributed by atoms with Gasteiger partial charge in [-0.15, -0.1) is 11.8 Å². The Bertz CT molecular complexity index is 399. The number of thioether (sulfide) groups is 1. The van der Waals surface area contributed by atoms with E-state index in [0.29, 0.717) is 5.25 Å². The molecule has 2 nitrogen and oxygen atoms in total. The molecule has 1 aromatic carbocycles. The zero-order chi connectivity index (χ0) is 13.0. The monoisotopic (exact) mass is 264 g/mol. The Morgan fingerprint density at radius 2 is 1.89 bits per heavy atom.